The summed E-state index contributed by atoms with van der Waals surface area (Å²) in [6, 6.07) is 5.10. The van der Waals surface area contributed by atoms with Gasteiger partial charge in [-0.25, -0.2) is 4.79 Å². The van der Waals surface area contributed by atoms with Gasteiger partial charge < -0.3 is 24.6 Å². The minimum absolute atomic E-state index is 0.0573. The number of carboxylic acids is 1. The molecular weight excluding hydrogens is 302 g/mol. The Bertz CT molecular complexity index is 586. The van der Waals surface area contributed by atoms with E-state index in [0.29, 0.717) is 30.0 Å². The van der Waals surface area contributed by atoms with Crippen molar-refractivity contribution in [3.05, 3.63) is 18.2 Å². The Morgan fingerprint density at radius 1 is 1.30 bits per heavy atom. The number of ether oxygens (including phenoxy) is 3. The molecule has 23 heavy (non-hydrogen) atoms. The quantitative estimate of drug-likeness (QED) is 0.832. The number of anilines is 1. The summed E-state index contributed by atoms with van der Waals surface area (Å²) >= 11 is 0. The van der Waals surface area contributed by atoms with Gasteiger partial charge in [-0.2, -0.15) is 0 Å². The monoisotopic (exact) mass is 323 g/mol. The second-order valence-electron chi connectivity index (χ2n) is 5.55. The number of methoxy groups -OCH3 is 1. The van der Waals surface area contributed by atoms with Crippen LogP contribution < -0.4 is 14.8 Å². The Morgan fingerprint density at radius 3 is 2.57 bits per heavy atom. The van der Waals surface area contributed by atoms with Crippen molar-refractivity contribution >= 4 is 17.6 Å². The molecule has 7 heteroatoms. The number of rotatable bonds is 6. The molecular formula is C16H21NO6. The zero-order valence-electron chi connectivity index (χ0n) is 13.4. The fraction of sp³-hybridized carbons (Fsp3) is 0.500. The van der Waals surface area contributed by atoms with Crippen molar-refractivity contribution in [3.63, 3.8) is 0 Å². The van der Waals surface area contributed by atoms with E-state index in [0.717, 1.165) is 0 Å². The van der Waals surface area contributed by atoms with E-state index >= 15 is 0 Å². The van der Waals surface area contributed by atoms with Gasteiger partial charge in [-0.05, 0) is 38.8 Å². The predicted octanol–water partition coefficient (Wildman–Crippen LogP) is 2.05. The van der Waals surface area contributed by atoms with E-state index < -0.39 is 24.1 Å². The Hall–Kier alpha value is -2.28. The summed E-state index contributed by atoms with van der Waals surface area (Å²) in [5, 5.41) is 11.7. The topological polar surface area (TPSA) is 94.1 Å². The molecule has 1 aliphatic heterocycles. The van der Waals surface area contributed by atoms with Gasteiger partial charge in [0.1, 0.15) is 17.6 Å². The van der Waals surface area contributed by atoms with Gasteiger partial charge in [-0.3, -0.25) is 4.79 Å². The molecule has 0 aromatic heterocycles. The van der Waals surface area contributed by atoms with Crippen molar-refractivity contribution < 1.29 is 28.9 Å². The molecule has 0 aliphatic carbocycles. The summed E-state index contributed by atoms with van der Waals surface area (Å²) in [5.74, 6) is -0.352. The van der Waals surface area contributed by atoms with E-state index in [1.165, 1.54) is 7.11 Å². The summed E-state index contributed by atoms with van der Waals surface area (Å²) in [7, 11) is 1.53. The van der Waals surface area contributed by atoms with Gasteiger partial charge in [0.2, 0.25) is 0 Å². The maximum Gasteiger partial charge on any atom is 0.332 e. The van der Waals surface area contributed by atoms with Crippen LogP contribution in [0.1, 0.15) is 26.7 Å². The first-order valence-corrected chi connectivity index (χ1v) is 7.44. The maximum absolute atomic E-state index is 12.3. The smallest absolute Gasteiger partial charge is 0.332 e. The molecule has 2 atom stereocenters. The number of carboxylic acid groups (broad SMARTS) is 1. The van der Waals surface area contributed by atoms with Crippen LogP contribution in [0.2, 0.25) is 0 Å². The third kappa shape index (κ3) is 4.35. The molecule has 1 saturated heterocycles. The summed E-state index contributed by atoms with van der Waals surface area (Å²) in [6.45, 7) is 3.76. The van der Waals surface area contributed by atoms with Crippen LogP contribution in [0.15, 0.2) is 18.2 Å². The second kappa shape index (κ2) is 7.32. The van der Waals surface area contributed by atoms with Crippen LogP contribution in [0.3, 0.4) is 0 Å². The maximum atomic E-state index is 12.3. The lowest BCUT2D eigenvalue weighted by molar-refractivity contribution is -0.150. The summed E-state index contributed by atoms with van der Waals surface area (Å²) in [4.78, 5) is 23.2. The van der Waals surface area contributed by atoms with E-state index in [2.05, 4.69) is 5.32 Å². The molecule has 1 aromatic rings. The summed E-state index contributed by atoms with van der Waals surface area (Å²) in [6.07, 6.45) is -1.08. The lowest BCUT2D eigenvalue weighted by Gasteiger charge is -2.17. The molecule has 1 aromatic carbocycles. The number of aliphatic carboxylic acids is 1. The molecule has 0 radical (unpaired) electrons. The molecule has 2 rings (SSSR count). The van der Waals surface area contributed by atoms with Crippen LogP contribution in [0.25, 0.3) is 0 Å². The summed E-state index contributed by atoms with van der Waals surface area (Å²) < 4.78 is 16.1. The van der Waals surface area contributed by atoms with E-state index in [9.17, 15) is 9.59 Å². The zero-order valence-corrected chi connectivity index (χ0v) is 13.4. The average molecular weight is 323 g/mol. The van der Waals surface area contributed by atoms with Crippen molar-refractivity contribution in [2.24, 2.45) is 0 Å². The molecule has 1 aliphatic rings. The predicted molar refractivity (Wildman–Crippen MR) is 82.9 cm³/mol. The van der Waals surface area contributed by atoms with E-state index in [-0.39, 0.29) is 6.10 Å². The number of nitrogens with one attached hydrogen (secondary N) is 1. The highest BCUT2D eigenvalue weighted by Gasteiger charge is 2.35. The van der Waals surface area contributed by atoms with Crippen LogP contribution in [-0.2, 0) is 14.3 Å². The van der Waals surface area contributed by atoms with Gasteiger partial charge in [-0.15, -0.1) is 0 Å². The van der Waals surface area contributed by atoms with Gasteiger partial charge in [0.15, 0.2) is 6.10 Å². The Morgan fingerprint density at radius 2 is 2.00 bits per heavy atom. The highest BCUT2D eigenvalue weighted by atomic mass is 16.5. The minimum Gasteiger partial charge on any atom is -0.497 e. The molecule has 1 fully saturated rings. The molecule has 2 N–H and O–H groups in total. The van der Waals surface area contributed by atoms with Crippen molar-refractivity contribution in [1.82, 2.24) is 0 Å². The highest BCUT2D eigenvalue weighted by Crippen LogP contribution is 2.31. The van der Waals surface area contributed by atoms with E-state index in [1.54, 1.807) is 18.2 Å². The fourth-order valence-corrected chi connectivity index (χ4v) is 2.32. The number of carbonyl (C=O) groups is 2. The van der Waals surface area contributed by atoms with Crippen molar-refractivity contribution in [3.8, 4) is 11.5 Å². The third-order valence-corrected chi connectivity index (χ3v) is 3.39. The second-order valence-corrected chi connectivity index (χ2v) is 5.55. The standard InChI is InChI=1S/C16H21NO6/c1-9(2)22-12-5-4-10(21-3)8-11(12)17-15(18)13-6-7-14(23-13)16(19)20/h4-5,8-9,13-14H,6-7H2,1-3H3,(H,17,18)(H,19,20)/t13-,14+/m0/s1. The summed E-state index contributed by atoms with van der Waals surface area (Å²) in [5.41, 5.74) is 0.463. The average Bonchev–Trinajstić information content (AvgIpc) is 2.98. The van der Waals surface area contributed by atoms with E-state index in [4.69, 9.17) is 19.3 Å². The van der Waals surface area contributed by atoms with Crippen molar-refractivity contribution in [2.75, 3.05) is 12.4 Å². The molecule has 1 amide bonds. The first-order valence-electron chi connectivity index (χ1n) is 7.44. The number of hydrogen-bond donors (Lipinski definition) is 2. The van der Waals surface area contributed by atoms with Crippen LogP contribution in [0, 0.1) is 0 Å². The number of hydrogen-bond acceptors (Lipinski definition) is 5. The van der Waals surface area contributed by atoms with Gasteiger partial charge in [0, 0.05) is 6.07 Å². The first kappa shape index (κ1) is 17.1. The van der Waals surface area contributed by atoms with Gasteiger partial charge >= 0.3 is 5.97 Å². The van der Waals surface area contributed by atoms with Crippen molar-refractivity contribution in [2.45, 2.75) is 45.0 Å². The number of amides is 1. The fourth-order valence-electron chi connectivity index (χ4n) is 2.32. The van der Waals surface area contributed by atoms with Crippen LogP contribution in [-0.4, -0.2) is 42.4 Å². The van der Waals surface area contributed by atoms with Gasteiger partial charge in [-0.1, -0.05) is 0 Å². The van der Waals surface area contributed by atoms with Gasteiger partial charge in [0.05, 0.1) is 18.9 Å². The largest absolute Gasteiger partial charge is 0.497 e. The lowest BCUT2D eigenvalue weighted by atomic mass is 10.2. The Kier molecular flexibility index (Phi) is 5.44. The van der Waals surface area contributed by atoms with Crippen LogP contribution >= 0.6 is 0 Å². The normalized spacial score (nSPS) is 20.3. The molecule has 1 heterocycles. The molecule has 126 valence electrons. The van der Waals surface area contributed by atoms with Gasteiger partial charge in [0.25, 0.3) is 5.91 Å². The van der Waals surface area contributed by atoms with Crippen LogP contribution in [0.5, 0.6) is 11.5 Å². The lowest BCUT2D eigenvalue weighted by Crippen LogP contribution is -2.30. The molecule has 7 nitrogen and oxygen atoms in total. The minimum atomic E-state index is -1.05. The van der Waals surface area contributed by atoms with E-state index in [1.807, 2.05) is 13.8 Å². The third-order valence-electron chi connectivity index (χ3n) is 3.39. The van der Waals surface area contributed by atoms with Crippen molar-refractivity contribution in [1.29, 1.82) is 0 Å². The number of benzene rings is 1. The molecule has 0 saturated carbocycles. The number of carbonyl (C=O) groups excluding carboxylic acids is 1. The Labute approximate surface area is 134 Å². The van der Waals surface area contributed by atoms with Crippen LogP contribution in [0.4, 0.5) is 5.69 Å². The first-order chi connectivity index (χ1) is 10.9. The molecule has 0 unspecified atom stereocenters. The Balaban J connectivity index is 2.11. The zero-order chi connectivity index (χ0) is 17.0. The molecule has 0 bridgehead atoms. The SMILES string of the molecule is COc1ccc(OC(C)C)c(NC(=O)[C@@H]2CC[C@H](C(=O)O)O2)c1. The molecule has 0 spiro atoms. The highest BCUT2D eigenvalue weighted by molar-refractivity contribution is 5.96.